The molecule has 0 saturated carbocycles. The summed E-state index contributed by atoms with van der Waals surface area (Å²) >= 11 is 0. The highest BCUT2D eigenvalue weighted by molar-refractivity contribution is 6.25. The normalized spacial score (nSPS) is 19.7. The van der Waals surface area contributed by atoms with Crippen molar-refractivity contribution in [2.24, 2.45) is 5.92 Å². The van der Waals surface area contributed by atoms with Gasteiger partial charge in [-0.2, -0.15) is 9.61 Å². The minimum absolute atomic E-state index is 0.0325. The summed E-state index contributed by atoms with van der Waals surface area (Å²) in [6.45, 7) is 4.00. The Balaban J connectivity index is 1.42. The molecule has 10 heteroatoms. The average Bonchev–Trinajstić information content (AvgIpc) is 3.63. The first-order valence-electron chi connectivity index (χ1n) is 14.1. The second-order valence-corrected chi connectivity index (χ2v) is 10.3. The van der Waals surface area contributed by atoms with E-state index in [1.165, 1.54) is 10.8 Å². The molecule has 43 heavy (non-hydrogen) atoms. The number of rotatable bonds is 7. The van der Waals surface area contributed by atoms with Crippen LogP contribution in [0.25, 0.3) is 5.65 Å². The molecule has 216 valence electrons. The molecule has 5 aromatic rings. The molecule has 0 bridgehead atoms. The number of aromatic nitrogens is 4. The van der Waals surface area contributed by atoms with Gasteiger partial charge in [0.1, 0.15) is 18.5 Å². The zero-order valence-electron chi connectivity index (χ0n) is 23.6. The highest BCUT2D eigenvalue weighted by Gasteiger charge is 2.46. The molecule has 0 radical (unpaired) electrons. The lowest BCUT2D eigenvalue weighted by molar-refractivity contribution is -0.0132. The van der Waals surface area contributed by atoms with Gasteiger partial charge in [0.05, 0.1) is 17.9 Å². The van der Waals surface area contributed by atoms with Crippen molar-refractivity contribution >= 4 is 29.4 Å². The fourth-order valence-electron chi connectivity index (χ4n) is 5.40. The first-order valence-corrected chi connectivity index (χ1v) is 14.1. The van der Waals surface area contributed by atoms with Gasteiger partial charge in [-0.15, -0.1) is 0 Å². The van der Waals surface area contributed by atoms with Crippen LogP contribution in [0.1, 0.15) is 63.0 Å². The molecule has 0 N–H and O–H groups in total. The first kappa shape index (κ1) is 27.9. The van der Waals surface area contributed by atoms with Crippen LogP contribution in [0.5, 0.6) is 0 Å². The molecule has 3 aromatic carbocycles. The molecule has 1 fully saturated rings. The maximum atomic E-state index is 13.8. The molecule has 2 amide bonds. The second-order valence-electron chi connectivity index (χ2n) is 10.3. The van der Waals surface area contributed by atoms with Crippen LogP contribution in [0.15, 0.2) is 104 Å². The number of nitrogens with zero attached hydrogens (tertiary/aromatic N) is 5. The Kier molecular flexibility index (Phi) is 7.76. The largest absolute Gasteiger partial charge is 0.455 e. The Morgan fingerprint density at radius 1 is 0.837 bits per heavy atom. The molecule has 4 atom stereocenters. The van der Waals surface area contributed by atoms with Crippen molar-refractivity contribution in [3.8, 4) is 0 Å². The third-order valence-electron chi connectivity index (χ3n) is 7.65. The van der Waals surface area contributed by atoms with Gasteiger partial charge in [0.25, 0.3) is 11.8 Å². The lowest BCUT2D eigenvalue weighted by Gasteiger charge is -2.22. The van der Waals surface area contributed by atoms with Crippen LogP contribution in [0, 0.1) is 5.92 Å². The van der Waals surface area contributed by atoms with Gasteiger partial charge in [0.15, 0.2) is 5.65 Å². The van der Waals surface area contributed by atoms with Gasteiger partial charge >= 0.3 is 5.97 Å². The minimum atomic E-state index is -0.684. The van der Waals surface area contributed by atoms with Crippen LogP contribution in [-0.2, 0) is 9.47 Å². The topological polar surface area (TPSA) is 116 Å². The molecule has 6 rings (SSSR count). The Bertz CT molecular complexity index is 1710. The van der Waals surface area contributed by atoms with Crippen LogP contribution in [0.3, 0.4) is 0 Å². The summed E-state index contributed by atoms with van der Waals surface area (Å²) < 4.78 is 13.8. The van der Waals surface area contributed by atoms with E-state index in [4.69, 9.17) is 9.47 Å². The van der Waals surface area contributed by atoms with E-state index in [1.807, 2.05) is 19.9 Å². The number of esters is 1. The van der Waals surface area contributed by atoms with Crippen molar-refractivity contribution in [2.45, 2.75) is 38.6 Å². The van der Waals surface area contributed by atoms with E-state index in [-0.39, 0.29) is 18.0 Å². The monoisotopic (exact) mass is 575 g/mol. The van der Waals surface area contributed by atoms with E-state index in [0.717, 1.165) is 4.90 Å². The van der Waals surface area contributed by atoms with Gasteiger partial charge in [-0.1, -0.05) is 68.4 Å². The van der Waals surface area contributed by atoms with Crippen molar-refractivity contribution in [2.75, 3.05) is 4.90 Å². The van der Waals surface area contributed by atoms with Crippen molar-refractivity contribution < 1.29 is 23.9 Å². The molecule has 0 aliphatic carbocycles. The number of hydrogen-bond donors (Lipinski definition) is 0. The third-order valence-corrected chi connectivity index (χ3v) is 7.65. The van der Waals surface area contributed by atoms with E-state index in [9.17, 15) is 14.4 Å². The zero-order chi connectivity index (χ0) is 29.9. The number of fused-ring (bicyclic) bond motifs is 1. The minimum Gasteiger partial charge on any atom is -0.455 e. The van der Waals surface area contributed by atoms with Crippen LogP contribution in [0.2, 0.25) is 0 Å². The fraction of sp³-hybridized carbons (Fsp3) is 0.212. The molecular weight excluding hydrogens is 546 g/mol. The smallest absolute Gasteiger partial charge is 0.338 e. The van der Waals surface area contributed by atoms with Crippen LogP contribution < -0.4 is 4.90 Å². The highest BCUT2D eigenvalue weighted by Crippen LogP contribution is 2.42. The first-order chi connectivity index (χ1) is 21.0. The SMILES string of the molecule is CC[C@H]1O[C@@H](c2cnn3c(N(C(=O)c4ccccc4)C(=O)c4ccccc4)ncnc23)[C@H](OC(=O)c2ccccc2)[C@@H]1C. The Morgan fingerprint density at radius 2 is 1.40 bits per heavy atom. The number of carbonyl (C=O) groups excluding carboxylic acids is 3. The summed E-state index contributed by atoms with van der Waals surface area (Å²) in [6.07, 6.45) is 2.06. The zero-order valence-corrected chi connectivity index (χ0v) is 23.6. The van der Waals surface area contributed by atoms with E-state index in [1.54, 1.807) is 91.1 Å². The Labute approximate surface area is 247 Å². The average molecular weight is 576 g/mol. The number of ether oxygens (including phenoxy) is 2. The molecule has 1 saturated heterocycles. The van der Waals surface area contributed by atoms with Crippen LogP contribution in [0.4, 0.5) is 5.95 Å². The maximum Gasteiger partial charge on any atom is 0.338 e. The molecule has 2 aromatic heterocycles. The number of imide groups is 1. The lowest BCUT2D eigenvalue weighted by atomic mass is 9.94. The molecule has 1 aliphatic rings. The second kappa shape index (κ2) is 11.9. The number of benzene rings is 3. The van der Waals surface area contributed by atoms with E-state index < -0.39 is 30.0 Å². The molecule has 1 aliphatic heterocycles. The number of anilines is 1. The highest BCUT2D eigenvalue weighted by atomic mass is 16.6. The third kappa shape index (κ3) is 5.28. The van der Waals surface area contributed by atoms with Crippen molar-refractivity contribution in [3.63, 3.8) is 0 Å². The quantitative estimate of drug-likeness (QED) is 0.189. The standard InChI is InChI=1S/C33H29N5O5/c1-3-26-21(2)27(43-32(41)24-17-11-6-12-18-24)28(42-26)25-19-36-38-29(25)34-20-35-33(38)37(30(39)22-13-7-4-8-14-22)31(40)23-15-9-5-10-16-23/h4-21,26-28H,3H2,1-2H3/t21-,26-,27-,28+/m1/s1. The van der Waals surface area contributed by atoms with Gasteiger partial charge in [-0.3, -0.25) is 9.59 Å². The predicted octanol–water partition coefficient (Wildman–Crippen LogP) is 5.32. The predicted molar refractivity (Wildman–Crippen MR) is 158 cm³/mol. The van der Waals surface area contributed by atoms with E-state index >= 15 is 0 Å². The molecule has 10 nitrogen and oxygen atoms in total. The van der Waals surface area contributed by atoms with Gasteiger partial charge in [-0.05, 0) is 42.8 Å². The fourth-order valence-corrected chi connectivity index (χ4v) is 5.40. The summed E-state index contributed by atoms with van der Waals surface area (Å²) in [5.41, 5.74) is 1.92. The Hall–Kier alpha value is -5.22. The van der Waals surface area contributed by atoms with E-state index in [0.29, 0.717) is 34.3 Å². The number of amides is 2. The molecule has 0 spiro atoms. The van der Waals surface area contributed by atoms with E-state index in [2.05, 4.69) is 15.1 Å². The number of carbonyl (C=O) groups is 3. The Morgan fingerprint density at radius 3 is 1.95 bits per heavy atom. The summed E-state index contributed by atoms with van der Waals surface area (Å²) in [5.74, 6) is -1.75. The molecule has 3 heterocycles. The van der Waals surface area contributed by atoms with Gasteiger partial charge in [0.2, 0.25) is 5.95 Å². The van der Waals surface area contributed by atoms with Crippen LogP contribution in [-0.4, -0.2) is 49.6 Å². The van der Waals surface area contributed by atoms with Crippen molar-refractivity contribution in [1.82, 2.24) is 19.6 Å². The summed E-state index contributed by atoms with van der Waals surface area (Å²) in [6, 6.07) is 25.8. The van der Waals surface area contributed by atoms with Gasteiger partial charge in [0, 0.05) is 22.6 Å². The van der Waals surface area contributed by atoms with Crippen molar-refractivity contribution in [1.29, 1.82) is 0 Å². The number of hydrogen-bond acceptors (Lipinski definition) is 8. The summed E-state index contributed by atoms with van der Waals surface area (Å²) in [7, 11) is 0. The van der Waals surface area contributed by atoms with Crippen molar-refractivity contribution in [3.05, 3.63) is 126 Å². The maximum absolute atomic E-state index is 13.8. The lowest BCUT2D eigenvalue weighted by Crippen LogP contribution is -2.39. The van der Waals surface area contributed by atoms with Gasteiger partial charge in [-0.25, -0.2) is 19.7 Å². The molecule has 0 unspecified atom stereocenters. The summed E-state index contributed by atoms with van der Waals surface area (Å²) in [4.78, 5) is 50.5. The van der Waals surface area contributed by atoms with Crippen LogP contribution >= 0.6 is 0 Å². The summed E-state index contributed by atoms with van der Waals surface area (Å²) in [5, 5.41) is 4.51. The molecular formula is C33H29N5O5. The van der Waals surface area contributed by atoms with Gasteiger partial charge < -0.3 is 9.47 Å².